The Morgan fingerprint density at radius 3 is 2.68 bits per heavy atom. The number of nitrogens with zero attached hydrogens (tertiary/aromatic N) is 3. The van der Waals surface area contributed by atoms with Crippen LogP contribution in [0.15, 0.2) is 42.5 Å². The lowest BCUT2D eigenvalue weighted by Crippen LogP contribution is -2.16. The number of rotatable bonds is 2. The third-order valence-electron chi connectivity index (χ3n) is 4.04. The Morgan fingerprint density at radius 1 is 0.955 bits per heavy atom. The van der Waals surface area contributed by atoms with E-state index < -0.39 is 0 Å². The smallest absolute Gasteiger partial charge is 0.224 e. The van der Waals surface area contributed by atoms with Gasteiger partial charge in [0.25, 0.3) is 0 Å². The second-order valence-electron chi connectivity index (χ2n) is 5.49. The lowest BCUT2D eigenvalue weighted by Gasteiger charge is -2.16. The van der Waals surface area contributed by atoms with E-state index in [0.29, 0.717) is 5.15 Å². The summed E-state index contributed by atoms with van der Waals surface area (Å²) in [6, 6.07) is 14.9. The van der Waals surface area contributed by atoms with Gasteiger partial charge in [0.2, 0.25) is 5.28 Å². The number of fused-ring (bicyclic) bond motifs is 2. The number of hydrogen-bond acceptors (Lipinski definition) is 3. The van der Waals surface area contributed by atoms with Crippen LogP contribution < -0.4 is 0 Å². The maximum absolute atomic E-state index is 6.18. The maximum Gasteiger partial charge on any atom is 0.224 e. The highest BCUT2D eigenvalue weighted by Crippen LogP contribution is 2.30. The molecule has 1 aliphatic rings. The molecule has 4 rings (SSSR count). The van der Waals surface area contributed by atoms with Crippen LogP contribution in [0.3, 0.4) is 0 Å². The lowest BCUT2D eigenvalue weighted by atomic mass is 10.0. The van der Waals surface area contributed by atoms with Crippen molar-refractivity contribution >= 4 is 34.0 Å². The van der Waals surface area contributed by atoms with Crippen LogP contribution in [0.4, 0.5) is 0 Å². The van der Waals surface area contributed by atoms with Gasteiger partial charge in [0, 0.05) is 25.2 Å². The minimum Gasteiger partial charge on any atom is -0.289 e. The first-order valence-corrected chi connectivity index (χ1v) is 7.86. The largest absolute Gasteiger partial charge is 0.289 e. The van der Waals surface area contributed by atoms with Gasteiger partial charge in [0.05, 0.1) is 5.69 Å². The minimum atomic E-state index is 0.218. The van der Waals surface area contributed by atoms with Crippen LogP contribution in [-0.4, -0.2) is 14.9 Å². The van der Waals surface area contributed by atoms with E-state index in [4.69, 9.17) is 23.2 Å². The van der Waals surface area contributed by atoms with Gasteiger partial charge in [0.1, 0.15) is 5.15 Å². The predicted molar refractivity (Wildman–Crippen MR) is 89.0 cm³/mol. The number of benzene rings is 2. The maximum atomic E-state index is 6.18. The standard InChI is InChI=1S/C17H13Cl2N3/c18-16-14-9-22(10-15(14)20-17(19)21-16)8-12-6-3-5-11-4-1-2-7-13(11)12/h1-7H,8-10H2. The second kappa shape index (κ2) is 5.51. The highest BCUT2D eigenvalue weighted by Gasteiger charge is 2.24. The Balaban J connectivity index is 1.64. The molecule has 2 aromatic carbocycles. The van der Waals surface area contributed by atoms with Gasteiger partial charge in [0.15, 0.2) is 0 Å². The fourth-order valence-corrected chi connectivity index (χ4v) is 3.51. The quantitative estimate of drug-likeness (QED) is 0.513. The van der Waals surface area contributed by atoms with Crippen molar-refractivity contribution in [3.05, 3.63) is 69.7 Å². The van der Waals surface area contributed by atoms with E-state index in [2.05, 4.69) is 57.3 Å². The molecule has 0 N–H and O–H groups in total. The van der Waals surface area contributed by atoms with Gasteiger partial charge >= 0.3 is 0 Å². The Morgan fingerprint density at radius 2 is 1.77 bits per heavy atom. The molecule has 22 heavy (non-hydrogen) atoms. The topological polar surface area (TPSA) is 29.0 Å². The van der Waals surface area contributed by atoms with Crippen molar-refractivity contribution in [2.75, 3.05) is 0 Å². The zero-order valence-corrected chi connectivity index (χ0v) is 13.3. The third kappa shape index (κ3) is 2.45. The van der Waals surface area contributed by atoms with Gasteiger partial charge in [-0.25, -0.2) is 9.97 Å². The molecule has 0 radical (unpaired) electrons. The average Bonchev–Trinajstić information content (AvgIpc) is 2.90. The summed E-state index contributed by atoms with van der Waals surface area (Å²) in [5, 5.41) is 3.24. The Kier molecular flexibility index (Phi) is 3.49. The molecule has 2 heterocycles. The Bertz CT molecular complexity index is 858. The highest BCUT2D eigenvalue weighted by atomic mass is 35.5. The molecule has 5 heteroatoms. The molecule has 0 fully saturated rings. The van der Waals surface area contributed by atoms with E-state index in [0.717, 1.165) is 30.9 Å². The predicted octanol–water partition coefficient (Wildman–Crippen LogP) is 4.45. The third-order valence-corrected chi connectivity index (χ3v) is 4.53. The number of halogens is 2. The normalized spacial score (nSPS) is 14.5. The van der Waals surface area contributed by atoms with Crippen molar-refractivity contribution in [1.82, 2.24) is 14.9 Å². The van der Waals surface area contributed by atoms with Gasteiger partial charge in [-0.15, -0.1) is 0 Å². The van der Waals surface area contributed by atoms with E-state index >= 15 is 0 Å². The van der Waals surface area contributed by atoms with Crippen molar-refractivity contribution < 1.29 is 0 Å². The van der Waals surface area contributed by atoms with E-state index in [1.165, 1.54) is 16.3 Å². The van der Waals surface area contributed by atoms with Crippen LogP contribution in [-0.2, 0) is 19.6 Å². The Hall–Kier alpha value is -1.68. The molecular formula is C17H13Cl2N3. The first kappa shape index (κ1) is 13.9. The summed E-state index contributed by atoms with van der Waals surface area (Å²) in [6.45, 7) is 2.36. The SMILES string of the molecule is Clc1nc(Cl)c2c(n1)CN(Cc1cccc3ccccc13)C2. The van der Waals surface area contributed by atoms with Crippen molar-refractivity contribution in [2.24, 2.45) is 0 Å². The molecule has 0 amide bonds. The van der Waals surface area contributed by atoms with Crippen molar-refractivity contribution in [1.29, 1.82) is 0 Å². The zero-order valence-electron chi connectivity index (χ0n) is 11.8. The monoisotopic (exact) mass is 329 g/mol. The van der Waals surface area contributed by atoms with Gasteiger partial charge in [-0.1, -0.05) is 54.1 Å². The van der Waals surface area contributed by atoms with Crippen molar-refractivity contribution in [3.8, 4) is 0 Å². The minimum absolute atomic E-state index is 0.218. The van der Waals surface area contributed by atoms with Gasteiger partial charge < -0.3 is 0 Å². The van der Waals surface area contributed by atoms with Crippen molar-refractivity contribution in [3.63, 3.8) is 0 Å². The van der Waals surface area contributed by atoms with Crippen LogP contribution in [0.1, 0.15) is 16.8 Å². The van der Waals surface area contributed by atoms with E-state index in [1.807, 2.05) is 0 Å². The molecule has 0 saturated carbocycles. The van der Waals surface area contributed by atoms with Crippen LogP contribution in [0, 0.1) is 0 Å². The summed E-state index contributed by atoms with van der Waals surface area (Å²) in [5.41, 5.74) is 3.23. The van der Waals surface area contributed by atoms with Gasteiger partial charge in [-0.3, -0.25) is 4.90 Å². The molecule has 3 nitrogen and oxygen atoms in total. The fourth-order valence-electron chi connectivity index (χ4n) is 3.03. The first-order valence-electron chi connectivity index (χ1n) is 7.10. The summed E-state index contributed by atoms with van der Waals surface area (Å²) in [7, 11) is 0. The van der Waals surface area contributed by atoms with Gasteiger partial charge in [-0.05, 0) is 27.9 Å². The number of aromatic nitrogens is 2. The summed E-state index contributed by atoms with van der Waals surface area (Å²) >= 11 is 12.1. The summed E-state index contributed by atoms with van der Waals surface area (Å²) < 4.78 is 0. The van der Waals surface area contributed by atoms with Crippen LogP contribution >= 0.6 is 23.2 Å². The van der Waals surface area contributed by atoms with Crippen LogP contribution in [0.2, 0.25) is 10.4 Å². The second-order valence-corrected chi connectivity index (χ2v) is 6.19. The molecule has 0 bridgehead atoms. The molecule has 0 atom stereocenters. The van der Waals surface area contributed by atoms with Crippen LogP contribution in [0.5, 0.6) is 0 Å². The van der Waals surface area contributed by atoms with Crippen LogP contribution in [0.25, 0.3) is 10.8 Å². The molecular weight excluding hydrogens is 317 g/mol. The fraction of sp³-hybridized carbons (Fsp3) is 0.176. The highest BCUT2D eigenvalue weighted by molar-refractivity contribution is 6.32. The molecule has 1 aliphatic heterocycles. The molecule has 0 unspecified atom stereocenters. The average molecular weight is 330 g/mol. The molecule has 0 aliphatic carbocycles. The molecule has 0 saturated heterocycles. The van der Waals surface area contributed by atoms with Crippen molar-refractivity contribution in [2.45, 2.75) is 19.6 Å². The Labute approximate surface area is 138 Å². The molecule has 3 aromatic rings. The van der Waals surface area contributed by atoms with E-state index in [9.17, 15) is 0 Å². The summed E-state index contributed by atoms with van der Waals surface area (Å²) in [6.07, 6.45) is 0. The molecule has 110 valence electrons. The molecule has 0 spiro atoms. The first-order chi connectivity index (χ1) is 10.7. The summed E-state index contributed by atoms with van der Waals surface area (Å²) in [5.74, 6) is 0. The van der Waals surface area contributed by atoms with Gasteiger partial charge in [-0.2, -0.15) is 0 Å². The van der Waals surface area contributed by atoms with E-state index in [-0.39, 0.29) is 5.28 Å². The zero-order chi connectivity index (χ0) is 15.1. The molecule has 1 aromatic heterocycles. The number of hydrogen-bond donors (Lipinski definition) is 0. The lowest BCUT2D eigenvalue weighted by molar-refractivity contribution is 0.275. The van der Waals surface area contributed by atoms with E-state index in [1.54, 1.807) is 0 Å². The summed E-state index contributed by atoms with van der Waals surface area (Å²) in [4.78, 5) is 10.6.